The van der Waals surface area contributed by atoms with Crippen LogP contribution in [-0.4, -0.2) is 0 Å². The molecule has 0 aliphatic heterocycles. The van der Waals surface area contributed by atoms with Crippen molar-refractivity contribution in [3.05, 3.63) is 78.4 Å². The van der Waals surface area contributed by atoms with Crippen LogP contribution in [0.3, 0.4) is 0 Å². The van der Waals surface area contributed by atoms with Gasteiger partial charge in [-0.2, -0.15) is 0 Å². The van der Waals surface area contributed by atoms with Gasteiger partial charge in [0.25, 0.3) is 0 Å². The second kappa shape index (κ2) is 5.79. The smallest absolute Gasteiger partial charge is 0.0384 e. The standard InChI is InChI=1S/C19H19N/c1-15-7-9-16(10-8-15)17-11-13-19(14-12-17)20-18-5-3-2-4-6-18/h2-7,9-15,20H,8H2,1H3. The molecule has 1 atom stereocenters. The second-order valence-electron chi connectivity index (χ2n) is 5.30. The molecule has 0 bridgehead atoms. The van der Waals surface area contributed by atoms with E-state index in [-0.39, 0.29) is 0 Å². The van der Waals surface area contributed by atoms with E-state index in [0.29, 0.717) is 5.92 Å². The Hall–Kier alpha value is -2.28. The summed E-state index contributed by atoms with van der Waals surface area (Å²) in [6.45, 7) is 2.25. The number of hydrogen-bond donors (Lipinski definition) is 1. The number of hydrogen-bond acceptors (Lipinski definition) is 1. The molecule has 1 N–H and O–H groups in total. The fourth-order valence-electron chi connectivity index (χ4n) is 2.38. The van der Waals surface area contributed by atoms with Gasteiger partial charge >= 0.3 is 0 Å². The highest BCUT2D eigenvalue weighted by Gasteiger charge is 2.05. The first-order chi connectivity index (χ1) is 9.81. The van der Waals surface area contributed by atoms with E-state index in [1.165, 1.54) is 11.1 Å². The summed E-state index contributed by atoms with van der Waals surface area (Å²) in [4.78, 5) is 0. The van der Waals surface area contributed by atoms with Gasteiger partial charge < -0.3 is 5.32 Å². The molecule has 0 saturated carbocycles. The van der Waals surface area contributed by atoms with Crippen molar-refractivity contribution in [2.75, 3.05) is 5.32 Å². The van der Waals surface area contributed by atoms with Crippen molar-refractivity contribution in [2.45, 2.75) is 13.3 Å². The predicted molar refractivity (Wildman–Crippen MR) is 87.1 cm³/mol. The minimum absolute atomic E-state index is 0.665. The molecule has 1 aliphatic rings. The lowest BCUT2D eigenvalue weighted by atomic mass is 9.94. The summed E-state index contributed by atoms with van der Waals surface area (Å²) in [5.41, 5.74) is 4.85. The van der Waals surface area contributed by atoms with Gasteiger partial charge in [0.15, 0.2) is 0 Å². The zero-order valence-electron chi connectivity index (χ0n) is 11.7. The van der Waals surface area contributed by atoms with Gasteiger partial charge in [-0.3, -0.25) is 0 Å². The number of rotatable bonds is 3. The van der Waals surface area contributed by atoms with Crippen LogP contribution < -0.4 is 5.32 Å². The maximum absolute atomic E-state index is 3.40. The van der Waals surface area contributed by atoms with Crippen LogP contribution in [0.2, 0.25) is 0 Å². The van der Waals surface area contributed by atoms with Crippen molar-refractivity contribution in [2.24, 2.45) is 5.92 Å². The molecule has 0 radical (unpaired) electrons. The molecule has 2 aromatic rings. The van der Waals surface area contributed by atoms with E-state index in [4.69, 9.17) is 0 Å². The molecule has 0 fully saturated rings. The monoisotopic (exact) mass is 261 g/mol. The van der Waals surface area contributed by atoms with Crippen molar-refractivity contribution in [1.29, 1.82) is 0 Å². The highest BCUT2D eigenvalue weighted by Crippen LogP contribution is 2.25. The molecule has 0 amide bonds. The first-order valence-electron chi connectivity index (χ1n) is 7.12. The molecule has 1 heteroatoms. The fourth-order valence-corrected chi connectivity index (χ4v) is 2.38. The van der Waals surface area contributed by atoms with Crippen LogP contribution in [0.15, 0.2) is 72.8 Å². The normalized spacial score (nSPS) is 17.6. The molecule has 2 aromatic carbocycles. The van der Waals surface area contributed by atoms with Gasteiger partial charge in [0.05, 0.1) is 0 Å². The Morgan fingerprint density at radius 2 is 1.60 bits per heavy atom. The summed E-state index contributed by atoms with van der Waals surface area (Å²) < 4.78 is 0. The van der Waals surface area contributed by atoms with Gasteiger partial charge in [0, 0.05) is 11.4 Å². The van der Waals surface area contributed by atoms with Crippen molar-refractivity contribution in [3.63, 3.8) is 0 Å². The largest absolute Gasteiger partial charge is 0.356 e. The number of nitrogens with one attached hydrogen (secondary N) is 1. The molecule has 0 aromatic heterocycles. The van der Waals surface area contributed by atoms with Crippen molar-refractivity contribution in [1.82, 2.24) is 0 Å². The molecule has 1 nitrogen and oxygen atoms in total. The molecule has 0 saturated heterocycles. The first-order valence-corrected chi connectivity index (χ1v) is 7.12. The average Bonchev–Trinajstić information content (AvgIpc) is 2.50. The number of allylic oxidation sites excluding steroid dienone is 4. The maximum Gasteiger partial charge on any atom is 0.0384 e. The Labute approximate surface area is 120 Å². The quantitative estimate of drug-likeness (QED) is 0.779. The van der Waals surface area contributed by atoms with Crippen LogP contribution in [0.5, 0.6) is 0 Å². The van der Waals surface area contributed by atoms with Gasteiger partial charge in [-0.25, -0.2) is 0 Å². The maximum atomic E-state index is 3.40. The molecule has 0 spiro atoms. The Balaban J connectivity index is 1.74. The number of benzene rings is 2. The average molecular weight is 261 g/mol. The third kappa shape index (κ3) is 3.00. The van der Waals surface area contributed by atoms with E-state index in [9.17, 15) is 0 Å². The van der Waals surface area contributed by atoms with Gasteiger partial charge in [-0.05, 0) is 47.7 Å². The van der Waals surface area contributed by atoms with E-state index in [0.717, 1.165) is 17.8 Å². The van der Waals surface area contributed by atoms with Crippen LogP contribution in [-0.2, 0) is 0 Å². The van der Waals surface area contributed by atoms with Gasteiger partial charge in [0.1, 0.15) is 0 Å². The highest BCUT2D eigenvalue weighted by atomic mass is 14.9. The lowest BCUT2D eigenvalue weighted by Gasteiger charge is -2.13. The van der Waals surface area contributed by atoms with E-state index in [1.54, 1.807) is 0 Å². The summed E-state index contributed by atoms with van der Waals surface area (Å²) in [5.74, 6) is 0.665. The third-order valence-electron chi connectivity index (χ3n) is 3.59. The molecule has 3 rings (SSSR count). The molecular weight excluding hydrogens is 242 g/mol. The highest BCUT2D eigenvalue weighted by molar-refractivity contribution is 5.76. The summed E-state index contributed by atoms with van der Waals surface area (Å²) >= 11 is 0. The van der Waals surface area contributed by atoms with Crippen molar-refractivity contribution in [3.8, 4) is 0 Å². The SMILES string of the molecule is CC1C=CC(c2ccc(Nc3ccccc3)cc2)=CC1. The third-order valence-corrected chi connectivity index (χ3v) is 3.59. The topological polar surface area (TPSA) is 12.0 Å². The van der Waals surface area contributed by atoms with E-state index < -0.39 is 0 Å². The molecular formula is C19H19N. The minimum atomic E-state index is 0.665. The van der Waals surface area contributed by atoms with Crippen LogP contribution in [0, 0.1) is 5.92 Å². The van der Waals surface area contributed by atoms with Crippen LogP contribution in [0.1, 0.15) is 18.9 Å². The van der Waals surface area contributed by atoms with E-state index in [2.05, 4.69) is 66.9 Å². The molecule has 100 valence electrons. The molecule has 20 heavy (non-hydrogen) atoms. The minimum Gasteiger partial charge on any atom is -0.356 e. The first kappa shape index (κ1) is 12.7. The van der Waals surface area contributed by atoms with Gasteiger partial charge in [0.2, 0.25) is 0 Å². The second-order valence-corrected chi connectivity index (χ2v) is 5.30. The number of anilines is 2. The van der Waals surface area contributed by atoms with Gasteiger partial charge in [-0.15, -0.1) is 0 Å². The lowest BCUT2D eigenvalue weighted by Crippen LogP contribution is -1.95. The Kier molecular flexibility index (Phi) is 3.69. The summed E-state index contributed by atoms with van der Waals surface area (Å²) in [7, 11) is 0. The van der Waals surface area contributed by atoms with Gasteiger partial charge in [-0.1, -0.05) is 55.5 Å². The molecule has 1 aliphatic carbocycles. The fraction of sp³-hybridized carbons (Fsp3) is 0.158. The Bertz CT molecular complexity index is 621. The van der Waals surface area contributed by atoms with Crippen LogP contribution in [0.25, 0.3) is 5.57 Å². The molecule has 0 heterocycles. The zero-order valence-corrected chi connectivity index (χ0v) is 11.7. The summed E-state index contributed by atoms with van der Waals surface area (Å²) in [5, 5.41) is 3.40. The Morgan fingerprint density at radius 1 is 0.900 bits per heavy atom. The predicted octanol–water partition coefficient (Wildman–Crippen LogP) is 5.41. The summed E-state index contributed by atoms with van der Waals surface area (Å²) in [6.07, 6.45) is 7.97. The zero-order chi connectivity index (χ0) is 13.8. The summed E-state index contributed by atoms with van der Waals surface area (Å²) in [6, 6.07) is 18.9. The number of para-hydroxylation sites is 1. The lowest BCUT2D eigenvalue weighted by molar-refractivity contribution is 0.739. The molecule has 1 unspecified atom stereocenters. The van der Waals surface area contributed by atoms with Crippen LogP contribution in [0.4, 0.5) is 11.4 Å². The van der Waals surface area contributed by atoms with E-state index in [1.807, 2.05) is 18.2 Å². The van der Waals surface area contributed by atoms with E-state index >= 15 is 0 Å². The van der Waals surface area contributed by atoms with Crippen molar-refractivity contribution >= 4 is 16.9 Å². The van der Waals surface area contributed by atoms with Crippen LogP contribution >= 0.6 is 0 Å². The van der Waals surface area contributed by atoms with Crippen molar-refractivity contribution < 1.29 is 0 Å². The Morgan fingerprint density at radius 3 is 2.25 bits per heavy atom.